The Morgan fingerprint density at radius 3 is 2.63 bits per heavy atom. The van der Waals surface area contributed by atoms with E-state index in [1.165, 1.54) is 16.8 Å². The van der Waals surface area contributed by atoms with E-state index in [0.717, 1.165) is 54.7 Å². The summed E-state index contributed by atoms with van der Waals surface area (Å²) in [6, 6.07) is 2.81. The third-order valence-electron chi connectivity index (χ3n) is 5.96. The van der Waals surface area contributed by atoms with Crippen molar-refractivity contribution < 1.29 is 4.42 Å². The van der Waals surface area contributed by atoms with Crippen LogP contribution in [-0.2, 0) is 13.0 Å². The first-order valence-electron chi connectivity index (χ1n) is 9.22. The highest BCUT2D eigenvalue weighted by molar-refractivity contribution is 5.91. The monoisotopic (exact) mass is 413 g/mol. The van der Waals surface area contributed by atoms with E-state index in [1.807, 2.05) is 0 Å². The van der Waals surface area contributed by atoms with Crippen molar-refractivity contribution in [1.82, 2.24) is 10.2 Å². The van der Waals surface area contributed by atoms with Gasteiger partial charge in [0.25, 0.3) is 0 Å². The predicted octanol–water partition coefficient (Wildman–Crippen LogP) is 3.04. The van der Waals surface area contributed by atoms with Gasteiger partial charge in [-0.3, -0.25) is 0 Å². The molecule has 1 saturated heterocycles. The molecular formula is C20H29Cl2N3O2. The molecule has 0 bridgehead atoms. The molecule has 7 heteroatoms. The Morgan fingerprint density at radius 1 is 1.19 bits per heavy atom. The van der Waals surface area contributed by atoms with Crippen LogP contribution in [0.25, 0.3) is 11.0 Å². The second-order valence-corrected chi connectivity index (χ2v) is 7.59. The maximum atomic E-state index is 12.5. The molecule has 0 radical (unpaired) electrons. The van der Waals surface area contributed by atoms with Gasteiger partial charge in [0.1, 0.15) is 5.58 Å². The Kier molecular flexibility index (Phi) is 6.85. The number of likely N-dealkylation sites (N-methyl/N-ethyl adjacent to an activating group) is 1. The molecule has 1 atom stereocenters. The molecule has 3 heterocycles. The summed E-state index contributed by atoms with van der Waals surface area (Å²) in [7, 11) is 2.18. The van der Waals surface area contributed by atoms with E-state index in [4.69, 9.17) is 4.42 Å². The second-order valence-electron chi connectivity index (χ2n) is 7.59. The van der Waals surface area contributed by atoms with Gasteiger partial charge in [0.05, 0.1) is 5.56 Å². The smallest absolute Gasteiger partial charge is 0.341 e. The summed E-state index contributed by atoms with van der Waals surface area (Å²) in [5, 5.41) is 4.43. The number of nitrogens with one attached hydrogen (secondary N) is 1. The van der Waals surface area contributed by atoms with Gasteiger partial charge in [-0.15, -0.1) is 24.8 Å². The number of nitrogens with zero attached hydrogens (tertiary/aromatic N) is 2. The zero-order valence-electron chi connectivity index (χ0n) is 16.4. The van der Waals surface area contributed by atoms with Crippen molar-refractivity contribution in [2.45, 2.75) is 39.8 Å². The van der Waals surface area contributed by atoms with Gasteiger partial charge in [0, 0.05) is 48.9 Å². The summed E-state index contributed by atoms with van der Waals surface area (Å²) in [4.78, 5) is 17.3. The molecule has 0 saturated carbocycles. The fourth-order valence-corrected chi connectivity index (χ4v) is 4.28. The Balaban J connectivity index is 0.00000131. The number of fused-ring (bicyclic) bond motifs is 3. The third-order valence-corrected chi connectivity index (χ3v) is 5.96. The first kappa shape index (κ1) is 22.0. The van der Waals surface area contributed by atoms with Crippen molar-refractivity contribution in [3.63, 3.8) is 0 Å². The van der Waals surface area contributed by atoms with E-state index in [-0.39, 0.29) is 30.4 Å². The molecule has 1 aromatic carbocycles. The number of rotatable bonds is 1. The van der Waals surface area contributed by atoms with Crippen LogP contribution in [0.3, 0.4) is 0 Å². The lowest BCUT2D eigenvalue weighted by molar-refractivity contribution is 0.234. The van der Waals surface area contributed by atoms with Crippen molar-refractivity contribution in [3.05, 3.63) is 38.7 Å². The lowest BCUT2D eigenvalue weighted by atomic mass is 9.93. The molecule has 1 N–H and O–H groups in total. The quantitative estimate of drug-likeness (QED) is 0.727. The van der Waals surface area contributed by atoms with E-state index < -0.39 is 0 Å². The second kappa shape index (κ2) is 8.39. The molecule has 4 rings (SSSR count). The van der Waals surface area contributed by atoms with Crippen LogP contribution in [0.2, 0.25) is 0 Å². The van der Waals surface area contributed by atoms with Gasteiger partial charge in [-0.05, 0) is 58.0 Å². The lowest BCUT2D eigenvalue weighted by Crippen LogP contribution is -2.50. The Hall–Kier alpha value is -1.27. The summed E-state index contributed by atoms with van der Waals surface area (Å²) in [6.07, 6.45) is 0.891. The van der Waals surface area contributed by atoms with Crippen molar-refractivity contribution in [2.24, 2.45) is 0 Å². The van der Waals surface area contributed by atoms with Gasteiger partial charge in [0.2, 0.25) is 0 Å². The average molecular weight is 414 g/mol. The fraction of sp³-hybridized carbons (Fsp3) is 0.550. The van der Waals surface area contributed by atoms with Gasteiger partial charge >= 0.3 is 5.63 Å². The molecule has 0 spiro atoms. The summed E-state index contributed by atoms with van der Waals surface area (Å²) in [6.45, 7) is 11.1. The molecule has 0 aliphatic carbocycles. The highest BCUT2D eigenvalue weighted by Gasteiger charge is 2.25. The molecule has 5 nitrogen and oxygen atoms in total. The number of hydrogen-bond acceptors (Lipinski definition) is 5. The van der Waals surface area contributed by atoms with Gasteiger partial charge in [-0.2, -0.15) is 0 Å². The zero-order valence-corrected chi connectivity index (χ0v) is 18.1. The normalized spacial score (nSPS) is 20.0. The SMILES string of the molecule is Cc1c(N2CCN(C)[C@@H](C)C2)cc(C)c2c3c(c(=O)oc12)CNCC3.Cl.Cl. The van der Waals surface area contributed by atoms with Crippen LogP contribution in [-0.4, -0.2) is 44.2 Å². The number of piperazine rings is 1. The van der Waals surface area contributed by atoms with Gasteiger partial charge < -0.3 is 19.5 Å². The van der Waals surface area contributed by atoms with Crippen molar-refractivity contribution in [3.8, 4) is 0 Å². The molecule has 0 unspecified atom stereocenters. The summed E-state index contributed by atoms with van der Waals surface area (Å²) < 4.78 is 5.82. The van der Waals surface area contributed by atoms with E-state index in [9.17, 15) is 4.79 Å². The van der Waals surface area contributed by atoms with Crippen LogP contribution in [0.5, 0.6) is 0 Å². The minimum Gasteiger partial charge on any atom is -0.422 e. The first-order valence-corrected chi connectivity index (χ1v) is 9.22. The molecule has 0 amide bonds. The molecule has 2 aliphatic rings. The molecule has 150 valence electrons. The van der Waals surface area contributed by atoms with Crippen molar-refractivity contribution >= 4 is 41.5 Å². The summed E-state index contributed by atoms with van der Waals surface area (Å²) in [5.74, 6) is 0. The molecule has 27 heavy (non-hydrogen) atoms. The largest absolute Gasteiger partial charge is 0.422 e. The number of halogens is 2. The van der Waals surface area contributed by atoms with E-state index in [2.05, 4.69) is 49.0 Å². The van der Waals surface area contributed by atoms with E-state index >= 15 is 0 Å². The van der Waals surface area contributed by atoms with Crippen molar-refractivity contribution in [2.75, 3.05) is 38.1 Å². The zero-order chi connectivity index (χ0) is 17.7. The topological polar surface area (TPSA) is 48.7 Å². The van der Waals surface area contributed by atoms with Crippen LogP contribution in [0.15, 0.2) is 15.3 Å². The van der Waals surface area contributed by atoms with Crippen LogP contribution < -0.4 is 15.8 Å². The first-order chi connectivity index (χ1) is 12.0. The fourth-order valence-electron chi connectivity index (χ4n) is 4.28. The Labute approximate surface area is 172 Å². The molecular weight excluding hydrogens is 385 g/mol. The van der Waals surface area contributed by atoms with Crippen LogP contribution in [0.1, 0.15) is 29.2 Å². The lowest BCUT2D eigenvalue weighted by Gasteiger charge is -2.39. The maximum Gasteiger partial charge on any atom is 0.341 e. The molecule has 2 aliphatic heterocycles. The Bertz CT molecular complexity index is 897. The van der Waals surface area contributed by atoms with Crippen LogP contribution in [0, 0.1) is 13.8 Å². The van der Waals surface area contributed by atoms with E-state index in [1.54, 1.807) is 0 Å². The Morgan fingerprint density at radius 2 is 1.93 bits per heavy atom. The number of benzene rings is 1. The minimum atomic E-state index is -0.180. The molecule has 2 aromatic rings. The van der Waals surface area contributed by atoms with Crippen LogP contribution >= 0.6 is 24.8 Å². The van der Waals surface area contributed by atoms with Gasteiger partial charge in [-0.25, -0.2) is 4.79 Å². The van der Waals surface area contributed by atoms with Crippen molar-refractivity contribution in [1.29, 1.82) is 0 Å². The molecule has 1 fully saturated rings. The van der Waals surface area contributed by atoms with Crippen LogP contribution in [0.4, 0.5) is 5.69 Å². The minimum absolute atomic E-state index is 0. The summed E-state index contributed by atoms with van der Waals surface area (Å²) in [5.41, 5.74) is 6.11. The average Bonchev–Trinajstić information content (AvgIpc) is 2.60. The van der Waals surface area contributed by atoms with Gasteiger partial charge in [0.15, 0.2) is 0 Å². The third kappa shape index (κ3) is 3.70. The molecule has 1 aromatic heterocycles. The van der Waals surface area contributed by atoms with Gasteiger partial charge in [-0.1, -0.05) is 0 Å². The number of aryl methyl sites for hydroxylation is 2. The van der Waals surface area contributed by atoms with E-state index in [0.29, 0.717) is 12.6 Å². The predicted molar refractivity (Wildman–Crippen MR) is 116 cm³/mol. The standard InChI is InChI=1S/C20H27N3O2.2ClH/c1-12-9-17(23-8-7-22(4)13(2)11-23)14(3)19-18(12)15-5-6-21-10-16(15)20(24)25-19;;/h9,13,21H,5-8,10-11H2,1-4H3;2*1H/t13-;;/m0../s1. The highest BCUT2D eigenvalue weighted by atomic mass is 35.5. The number of anilines is 1. The number of hydrogen-bond donors (Lipinski definition) is 1. The summed E-state index contributed by atoms with van der Waals surface area (Å²) >= 11 is 0. The maximum absolute atomic E-state index is 12.5. The highest BCUT2D eigenvalue weighted by Crippen LogP contribution is 2.35.